The van der Waals surface area contributed by atoms with E-state index >= 15 is 0 Å². The van der Waals surface area contributed by atoms with Crippen molar-refractivity contribution in [2.24, 2.45) is 0 Å². The van der Waals surface area contributed by atoms with E-state index in [-0.39, 0.29) is 0 Å². The van der Waals surface area contributed by atoms with Gasteiger partial charge in [-0.15, -0.1) is 11.3 Å². The zero-order valence-electron chi connectivity index (χ0n) is 25.5. The molecule has 10 rings (SSSR count). The molecule has 224 valence electrons. The first-order chi connectivity index (χ1) is 23.8. The summed E-state index contributed by atoms with van der Waals surface area (Å²) in [5, 5.41) is 6.81. The first kappa shape index (κ1) is 26.9. The van der Waals surface area contributed by atoms with Crippen LogP contribution in [0.1, 0.15) is 0 Å². The zero-order valence-corrected chi connectivity index (χ0v) is 26.3. The van der Waals surface area contributed by atoms with Crippen molar-refractivity contribution >= 4 is 64.2 Å². The van der Waals surface area contributed by atoms with Crippen molar-refractivity contribution in [2.75, 3.05) is 0 Å². The number of fused-ring (bicyclic) bond motifs is 7. The van der Waals surface area contributed by atoms with Gasteiger partial charge in [0.15, 0.2) is 23.1 Å². The first-order valence-electron chi connectivity index (χ1n) is 15.8. The molecule has 0 aliphatic rings. The fraction of sp³-hybridized carbons (Fsp3) is 0. The summed E-state index contributed by atoms with van der Waals surface area (Å²) in [5.74, 6) is 2.53. The SMILES string of the molecule is c1ccc(-c2nc(-c3ccccc3)nc(-c3c4ccccc4cc4c3sc3c4ccc4nc(-c5ccc6ccccc6c5)oc43)n2)cc1. The third-order valence-corrected chi connectivity index (χ3v) is 10.2. The molecule has 0 fully saturated rings. The van der Waals surface area contributed by atoms with Crippen molar-refractivity contribution in [3.8, 4) is 45.6 Å². The van der Waals surface area contributed by atoms with E-state index in [4.69, 9.17) is 24.4 Å². The number of benzene rings is 7. The Kier molecular flexibility index (Phi) is 5.98. The molecule has 7 aromatic carbocycles. The van der Waals surface area contributed by atoms with Crippen molar-refractivity contribution in [1.29, 1.82) is 0 Å². The summed E-state index contributed by atoms with van der Waals surface area (Å²) < 4.78 is 8.76. The Hall–Kier alpha value is -6.24. The van der Waals surface area contributed by atoms with Crippen LogP contribution in [0.4, 0.5) is 0 Å². The third-order valence-electron chi connectivity index (χ3n) is 8.93. The minimum absolute atomic E-state index is 0.614. The van der Waals surface area contributed by atoms with Crippen LogP contribution in [-0.4, -0.2) is 19.9 Å². The fourth-order valence-corrected chi connectivity index (χ4v) is 7.92. The molecule has 0 saturated heterocycles. The molecule has 3 heterocycles. The standard InChI is InChI=1S/C42H24N4OS/c1-3-12-26(13-4-1)39-44-40(27-14-5-2-6-15-27)46-41(45-39)35-31-18-10-9-17-29(31)24-33-32-21-22-34-36(38(32)48-37(33)35)47-42(43-34)30-20-19-25-11-7-8-16-28(25)23-30/h1-24H. The van der Waals surface area contributed by atoms with Crippen LogP contribution in [-0.2, 0) is 0 Å². The molecule has 0 saturated carbocycles. The van der Waals surface area contributed by atoms with Crippen LogP contribution in [0.15, 0.2) is 150 Å². The number of aromatic nitrogens is 4. The fourth-order valence-electron chi connectivity index (χ4n) is 6.61. The Labute approximate surface area is 278 Å². The van der Waals surface area contributed by atoms with Gasteiger partial charge in [0.05, 0.1) is 4.70 Å². The number of thiophene rings is 1. The van der Waals surface area contributed by atoms with Gasteiger partial charge in [-0.05, 0) is 45.8 Å². The molecule has 5 nitrogen and oxygen atoms in total. The predicted octanol–water partition coefficient (Wildman–Crippen LogP) is 11.4. The van der Waals surface area contributed by atoms with Crippen molar-refractivity contribution in [2.45, 2.75) is 0 Å². The lowest BCUT2D eigenvalue weighted by atomic mass is 9.99. The molecule has 0 atom stereocenters. The average Bonchev–Trinajstić information content (AvgIpc) is 3.76. The number of oxazole rings is 1. The summed E-state index contributed by atoms with van der Waals surface area (Å²) in [4.78, 5) is 20.2. The summed E-state index contributed by atoms with van der Waals surface area (Å²) in [7, 11) is 0. The van der Waals surface area contributed by atoms with Crippen LogP contribution in [0, 0.1) is 0 Å². The van der Waals surface area contributed by atoms with Crippen LogP contribution >= 0.6 is 11.3 Å². The average molecular weight is 633 g/mol. The Bertz CT molecular complexity index is 2780. The molecule has 0 bridgehead atoms. The molecular formula is C42H24N4OS. The van der Waals surface area contributed by atoms with Gasteiger partial charge in [-0.25, -0.2) is 19.9 Å². The van der Waals surface area contributed by atoms with Gasteiger partial charge >= 0.3 is 0 Å². The molecule has 0 radical (unpaired) electrons. The van der Waals surface area contributed by atoms with Gasteiger partial charge in [0.2, 0.25) is 5.89 Å². The van der Waals surface area contributed by atoms with Crippen LogP contribution in [0.3, 0.4) is 0 Å². The van der Waals surface area contributed by atoms with Gasteiger partial charge in [-0.2, -0.15) is 0 Å². The lowest BCUT2D eigenvalue weighted by Gasteiger charge is -2.11. The van der Waals surface area contributed by atoms with Gasteiger partial charge in [-0.1, -0.05) is 121 Å². The largest absolute Gasteiger partial charge is 0.435 e. The molecule has 6 heteroatoms. The topological polar surface area (TPSA) is 64.7 Å². The number of rotatable bonds is 4. The number of hydrogen-bond acceptors (Lipinski definition) is 6. The second kappa shape index (κ2) is 10.7. The van der Waals surface area contributed by atoms with Gasteiger partial charge < -0.3 is 4.42 Å². The normalized spacial score (nSPS) is 11.8. The van der Waals surface area contributed by atoms with Crippen LogP contribution in [0.5, 0.6) is 0 Å². The summed E-state index contributed by atoms with van der Waals surface area (Å²) >= 11 is 1.71. The molecular weight excluding hydrogens is 609 g/mol. The monoisotopic (exact) mass is 632 g/mol. The van der Waals surface area contributed by atoms with E-state index < -0.39 is 0 Å². The second-order valence-corrected chi connectivity index (χ2v) is 12.9. The number of nitrogens with zero attached hydrogens (tertiary/aromatic N) is 4. The van der Waals surface area contributed by atoms with E-state index in [0.29, 0.717) is 23.4 Å². The van der Waals surface area contributed by atoms with Crippen molar-refractivity contribution in [1.82, 2.24) is 19.9 Å². The highest BCUT2D eigenvalue weighted by molar-refractivity contribution is 7.27. The molecule has 0 spiro atoms. The molecule has 0 aliphatic carbocycles. The minimum atomic E-state index is 0.614. The summed E-state index contributed by atoms with van der Waals surface area (Å²) in [6.07, 6.45) is 0. The van der Waals surface area contributed by atoms with Gasteiger partial charge in [0.25, 0.3) is 0 Å². The highest BCUT2D eigenvalue weighted by Gasteiger charge is 2.22. The van der Waals surface area contributed by atoms with Gasteiger partial charge in [-0.3, -0.25) is 0 Å². The van der Waals surface area contributed by atoms with Crippen molar-refractivity contribution in [3.05, 3.63) is 146 Å². The van der Waals surface area contributed by atoms with Gasteiger partial charge in [0, 0.05) is 37.7 Å². The number of hydrogen-bond donors (Lipinski definition) is 0. The molecule has 3 aromatic heterocycles. The maximum absolute atomic E-state index is 6.60. The smallest absolute Gasteiger partial charge is 0.227 e. The molecule has 0 amide bonds. The molecule has 0 N–H and O–H groups in total. The Balaban J connectivity index is 1.25. The Morgan fingerprint density at radius 2 is 1.06 bits per heavy atom. The van der Waals surface area contributed by atoms with E-state index in [1.807, 2.05) is 60.7 Å². The van der Waals surface area contributed by atoms with Crippen LogP contribution in [0.2, 0.25) is 0 Å². The van der Waals surface area contributed by atoms with E-state index in [1.165, 1.54) is 5.39 Å². The highest BCUT2D eigenvalue weighted by Crippen LogP contribution is 2.46. The lowest BCUT2D eigenvalue weighted by Crippen LogP contribution is -2.00. The lowest BCUT2D eigenvalue weighted by molar-refractivity contribution is 0.623. The molecule has 48 heavy (non-hydrogen) atoms. The van der Waals surface area contributed by atoms with Crippen LogP contribution < -0.4 is 0 Å². The third kappa shape index (κ3) is 4.31. The predicted molar refractivity (Wildman–Crippen MR) is 197 cm³/mol. The van der Waals surface area contributed by atoms with Crippen molar-refractivity contribution in [3.63, 3.8) is 0 Å². The summed E-state index contributed by atoms with van der Waals surface area (Å²) in [5.41, 5.74) is 5.45. The minimum Gasteiger partial charge on any atom is -0.435 e. The van der Waals surface area contributed by atoms with E-state index in [9.17, 15) is 0 Å². The van der Waals surface area contributed by atoms with Crippen molar-refractivity contribution < 1.29 is 4.42 Å². The summed E-state index contributed by atoms with van der Waals surface area (Å²) in [6, 6.07) is 49.9. The molecule has 0 unspecified atom stereocenters. The second-order valence-electron chi connectivity index (χ2n) is 11.9. The highest BCUT2D eigenvalue weighted by atomic mass is 32.1. The van der Waals surface area contributed by atoms with E-state index in [0.717, 1.165) is 69.7 Å². The quantitative estimate of drug-likeness (QED) is 0.193. The maximum atomic E-state index is 6.60. The molecule has 0 aliphatic heterocycles. The maximum Gasteiger partial charge on any atom is 0.227 e. The van der Waals surface area contributed by atoms with Crippen LogP contribution in [0.25, 0.3) is 98.4 Å². The Morgan fingerprint density at radius 3 is 1.81 bits per heavy atom. The van der Waals surface area contributed by atoms with E-state index in [1.54, 1.807) is 11.3 Å². The Morgan fingerprint density at radius 1 is 0.417 bits per heavy atom. The van der Waals surface area contributed by atoms with Gasteiger partial charge in [0.1, 0.15) is 5.52 Å². The van der Waals surface area contributed by atoms with E-state index in [2.05, 4.69) is 84.9 Å². The zero-order chi connectivity index (χ0) is 31.6. The first-order valence-corrected chi connectivity index (χ1v) is 16.6. The summed E-state index contributed by atoms with van der Waals surface area (Å²) in [6.45, 7) is 0. The molecule has 10 aromatic rings.